The third-order valence-electron chi connectivity index (χ3n) is 3.74. The molecule has 0 aliphatic heterocycles. The Morgan fingerprint density at radius 2 is 2.43 bits per heavy atom. The number of hydrogen-bond acceptors (Lipinski definition) is 6. The van der Waals surface area contributed by atoms with E-state index in [1.807, 2.05) is 7.05 Å². The molecule has 0 saturated carbocycles. The van der Waals surface area contributed by atoms with Crippen molar-refractivity contribution in [1.82, 2.24) is 4.98 Å². The van der Waals surface area contributed by atoms with Crippen LogP contribution in [0.4, 0.5) is 15.5 Å². The number of carbonyl (C=O) groups excluding carboxylic acids is 1. The molecule has 0 spiro atoms. The van der Waals surface area contributed by atoms with E-state index >= 15 is 0 Å². The molecule has 3 rings (SSSR count). The third-order valence-corrected chi connectivity index (χ3v) is 5.01. The highest BCUT2D eigenvalue weighted by Crippen LogP contribution is 2.38. The second-order valence-corrected chi connectivity index (χ2v) is 6.31. The van der Waals surface area contributed by atoms with E-state index in [4.69, 9.17) is 4.74 Å². The van der Waals surface area contributed by atoms with Crippen molar-refractivity contribution in [3.05, 3.63) is 40.5 Å². The second kappa shape index (κ2) is 6.67. The first-order chi connectivity index (χ1) is 11.2. The summed E-state index contributed by atoms with van der Waals surface area (Å²) in [5.74, 6) is 0. The number of carbonyl (C=O) groups is 1. The SMILES string of the molecule is CNc1sc2c(c1C#N)CCC(OC(=O)Nc1cccnc1)C2. The number of thiophene rings is 1. The lowest BCUT2D eigenvalue weighted by atomic mass is 9.94. The maximum absolute atomic E-state index is 12.0. The van der Waals surface area contributed by atoms with Crippen LogP contribution >= 0.6 is 11.3 Å². The zero-order valence-corrected chi connectivity index (χ0v) is 13.4. The molecule has 23 heavy (non-hydrogen) atoms. The number of hydrogen-bond donors (Lipinski definition) is 2. The molecule has 7 heteroatoms. The third kappa shape index (κ3) is 3.27. The van der Waals surface area contributed by atoms with Crippen molar-refractivity contribution in [1.29, 1.82) is 5.26 Å². The molecule has 0 fully saturated rings. The van der Waals surface area contributed by atoms with Gasteiger partial charge in [-0.1, -0.05) is 0 Å². The van der Waals surface area contributed by atoms with Crippen LogP contribution in [0.25, 0.3) is 0 Å². The van der Waals surface area contributed by atoms with Crippen LogP contribution < -0.4 is 10.6 Å². The number of fused-ring (bicyclic) bond motifs is 1. The molecule has 0 bridgehead atoms. The Kier molecular flexibility index (Phi) is 4.44. The molecule has 0 saturated heterocycles. The van der Waals surface area contributed by atoms with Crippen molar-refractivity contribution in [3.63, 3.8) is 0 Å². The molecule has 2 aromatic heterocycles. The van der Waals surface area contributed by atoms with Crippen molar-refractivity contribution in [2.45, 2.75) is 25.4 Å². The topological polar surface area (TPSA) is 87.0 Å². The summed E-state index contributed by atoms with van der Waals surface area (Å²) in [7, 11) is 1.81. The Balaban J connectivity index is 1.65. The minimum Gasteiger partial charge on any atom is -0.446 e. The molecular formula is C16H16N4O2S. The fourth-order valence-corrected chi connectivity index (χ4v) is 3.90. The highest BCUT2D eigenvalue weighted by molar-refractivity contribution is 7.16. The van der Waals surface area contributed by atoms with Gasteiger partial charge in [0.05, 0.1) is 17.4 Å². The van der Waals surface area contributed by atoms with Gasteiger partial charge in [0.2, 0.25) is 0 Å². The molecule has 1 amide bonds. The van der Waals surface area contributed by atoms with Crippen LogP contribution in [-0.2, 0) is 17.6 Å². The predicted octanol–water partition coefficient (Wildman–Crippen LogP) is 3.16. The highest BCUT2D eigenvalue weighted by atomic mass is 32.1. The fourth-order valence-electron chi connectivity index (χ4n) is 2.69. The van der Waals surface area contributed by atoms with Gasteiger partial charge in [-0.15, -0.1) is 11.3 Å². The Hall–Kier alpha value is -2.59. The Labute approximate surface area is 138 Å². The lowest BCUT2D eigenvalue weighted by molar-refractivity contribution is 0.103. The zero-order chi connectivity index (χ0) is 16.2. The minimum atomic E-state index is -0.475. The van der Waals surface area contributed by atoms with Gasteiger partial charge >= 0.3 is 6.09 Å². The molecule has 1 aliphatic carbocycles. The number of pyridine rings is 1. The summed E-state index contributed by atoms with van der Waals surface area (Å²) in [5.41, 5.74) is 2.43. The van der Waals surface area contributed by atoms with Gasteiger partial charge in [-0.25, -0.2) is 4.79 Å². The first-order valence-corrected chi connectivity index (χ1v) is 8.13. The summed E-state index contributed by atoms with van der Waals surface area (Å²) >= 11 is 1.57. The first-order valence-electron chi connectivity index (χ1n) is 7.31. The van der Waals surface area contributed by atoms with Crippen molar-refractivity contribution in [2.24, 2.45) is 0 Å². The molecule has 1 atom stereocenters. The number of rotatable bonds is 3. The summed E-state index contributed by atoms with van der Waals surface area (Å²) < 4.78 is 5.49. The average molecular weight is 328 g/mol. The lowest BCUT2D eigenvalue weighted by Crippen LogP contribution is -2.27. The zero-order valence-electron chi connectivity index (χ0n) is 12.6. The van der Waals surface area contributed by atoms with E-state index < -0.39 is 6.09 Å². The number of amides is 1. The van der Waals surface area contributed by atoms with E-state index in [1.54, 1.807) is 35.9 Å². The van der Waals surface area contributed by atoms with Crippen LogP contribution in [0, 0.1) is 11.3 Å². The monoisotopic (exact) mass is 328 g/mol. The van der Waals surface area contributed by atoms with Gasteiger partial charge in [-0.2, -0.15) is 5.26 Å². The van der Waals surface area contributed by atoms with Crippen LogP contribution in [0.5, 0.6) is 0 Å². The van der Waals surface area contributed by atoms with Gasteiger partial charge in [-0.05, 0) is 30.5 Å². The van der Waals surface area contributed by atoms with Gasteiger partial charge in [-0.3, -0.25) is 10.3 Å². The van der Waals surface area contributed by atoms with E-state index in [-0.39, 0.29) is 6.10 Å². The minimum absolute atomic E-state index is 0.172. The van der Waals surface area contributed by atoms with Crippen LogP contribution in [0.1, 0.15) is 22.4 Å². The molecule has 0 aromatic carbocycles. The molecule has 2 aromatic rings. The van der Waals surface area contributed by atoms with E-state index in [0.29, 0.717) is 12.1 Å². The molecular weight excluding hydrogens is 312 g/mol. The Bertz CT molecular complexity index is 751. The van der Waals surface area contributed by atoms with Gasteiger partial charge in [0.1, 0.15) is 17.2 Å². The number of nitriles is 1. The first kappa shape index (κ1) is 15.3. The standard InChI is InChI=1S/C16H16N4O2S/c1-18-15-13(8-17)12-5-4-11(7-14(12)23-15)22-16(21)20-10-3-2-6-19-9-10/h2-3,6,9,11,18H,4-5,7H2,1H3,(H,20,21). The summed E-state index contributed by atoms with van der Waals surface area (Å²) in [4.78, 5) is 17.0. The van der Waals surface area contributed by atoms with Crippen molar-refractivity contribution in [2.75, 3.05) is 17.7 Å². The van der Waals surface area contributed by atoms with Crippen molar-refractivity contribution < 1.29 is 9.53 Å². The van der Waals surface area contributed by atoms with Crippen molar-refractivity contribution >= 4 is 28.1 Å². The second-order valence-electron chi connectivity index (χ2n) is 5.21. The molecule has 6 nitrogen and oxygen atoms in total. The summed E-state index contributed by atoms with van der Waals surface area (Å²) in [6.07, 6.45) is 4.69. The normalized spacial score (nSPS) is 16.1. The highest BCUT2D eigenvalue weighted by Gasteiger charge is 2.27. The van der Waals surface area contributed by atoms with E-state index in [9.17, 15) is 10.1 Å². The number of nitrogens with one attached hydrogen (secondary N) is 2. The molecule has 118 valence electrons. The molecule has 2 heterocycles. The van der Waals surface area contributed by atoms with Gasteiger partial charge in [0.25, 0.3) is 0 Å². The lowest BCUT2D eigenvalue weighted by Gasteiger charge is -2.22. The molecule has 0 radical (unpaired) electrons. The average Bonchev–Trinajstić information content (AvgIpc) is 2.92. The van der Waals surface area contributed by atoms with Crippen LogP contribution in [0.3, 0.4) is 0 Å². The predicted molar refractivity (Wildman–Crippen MR) is 88.7 cm³/mol. The Morgan fingerprint density at radius 1 is 1.57 bits per heavy atom. The molecule has 1 aliphatic rings. The number of nitrogens with zero attached hydrogens (tertiary/aromatic N) is 2. The summed E-state index contributed by atoms with van der Waals surface area (Å²) in [6, 6.07) is 5.77. The fraction of sp³-hybridized carbons (Fsp3) is 0.312. The maximum atomic E-state index is 12.0. The molecule has 2 N–H and O–H groups in total. The van der Waals surface area contributed by atoms with E-state index in [0.717, 1.165) is 33.8 Å². The Morgan fingerprint density at radius 3 is 3.13 bits per heavy atom. The van der Waals surface area contributed by atoms with E-state index in [1.165, 1.54) is 0 Å². The summed E-state index contributed by atoms with van der Waals surface area (Å²) in [5, 5.41) is 15.9. The van der Waals surface area contributed by atoms with Gasteiger partial charge in [0.15, 0.2) is 0 Å². The largest absolute Gasteiger partial charge is 0.446 e. The quantitative estimate of drug-likeness (QED) is 0.903. The molecule has 1 unspecified atom stereocenters. The van der Waals surface area contributed by atoms with Gasteiger partial charge < -0.3 is 10.1 Å². The number of anilines is 2. The van der Waals surface area contributed by atoms with Gasteiger partial charge in [0, 0.05) is 24.5 Å². The maximum Gasteiger partial charge on any atom is 0.411 e. The van der Waals surface area contributed by atoms with E-state index in [2.05, 4.69) is 21.7 Å². The van der Waals surface area contributed by atoms with Crippen LogP contribution in [-0.4, -0.2) is 24.2 Å². The summed E-state index contributed by atoms with van der Waals surface area (Å²) in [6.45, 7) is 0. The van der Waals surface area contributed by atoms with Crippen molar-refractivity contribution in [3.8, 4) is 6.07 Å². The van der Waals surface area contributed by atoms with Crippen LogP contribution in [0.15, 0.2) is 24.5 Å². The number of aromatic nitrogens is 1. The smallest absolute Gasteiger partial charge is 0.411 e. The number of ether oxygens (including phenoxy) is 1. The van der Waals surface area contributed by atoms with Crippen LogP contribution in [0.2, 0.25) is 0 Å².